The number of aliphatic imine (C=N–C) groups is 1. The summed E-state index contributed by atoms with van der Waals surface area (Å²) in [5.74, 6) is -0.550. The predicted octanol–water partition coefficient (Wildman–Crippen LogP) is 3.97. The summed E-state index contributed by atoms with van der Waals surface area (Å²) < 4.78 is 16.7. The molecule has 8 heteroatoms. The van der Waals surface area contributed by atoms with Gasteiger partial charge >= 0.3 is 0 Å². The van der Waals surface area contributed by atoms with Crippen LogP contribution >= 0.6 is 11.6 Å². The zero-order chi connectivity index (χ0) is 23.1. The number of aliphatic hydroxyl groups is 1. The van der Waals surface area contributed by atoms with E-state index in [4.69, 9.17) is 11.6 Å². The predicted molar refractivity (Wildman–Crippen MR) is 125 cm³/mol. The van der Waals surface area contributed by atoms with Crippen molar-refractivity contribution in [2.24, 2.45) is 12.0 Å². The Morgan fingerprint density at radius 3 is 2.64 bits per heavy atom. The van der Waals surface area contributed by atoms with Gasteiger partial charge in [-0.2, -0.15) is 5.10 Å². The fourth-order valence-electron chi connectivity index (χ4n) is 4.15. The molecule has 0 radical (unpaired) electrons. The average molecular weight is 463 g/mol. The van der Waals surface area contributed by atoms with Gasteiger partial charge in [-0.25, -0.2) is 4.39 Å². The van der Waals surface area contributed by atoms with E-state index in [1.54, 1.807) is 17.1 Å². The number of aryl methyl sites for hydroxylation is 1. The monoisotopic (exact) mass is 462 g/mol. The van der Waals surface area contributed by atoms with Crippen LogP contribution in [-0.4, -0.2) is 31.8 Å². The van der Waals surface area contributed by atoms with Gasteiger partial charge in [-0.05, 0) is 46.5 Å². The summed E-state index contributed by atoms with van der Waals surface area (Å²) in [4.78, 5) is 17.6. The normalized spacial score (nSPS) is 13.6. The highest BCUT2D eigenvalue weighted by atomic mass is 35.5. The molecular formula is C25H20ClFN4O2. The largest absolute Gasteiger partial charge is 0.394 e. The van der Waals surface area contributed by atoms with E-state index in [0.717, 1.165) is 33.5 Å². The molecule has 1 atom stereocenters. The van der Waals surface area contributed by atoms with Crippen LogP contribution in [0.5, 0.6) is 0 Å². The molecule has 0 unspecified atom stereocenters. The van der Waals surface area contributed by atoms with E-state index in [-0.39, 0.29) is 17.2 Å². The van der Waals surface area contributed by atoms with E-state index in [1.165, 1.54) is 28.8 Å². The van der Waals surface area contributed by atoms with Gasteiger partial charge in [-0.15, -0.1) is 0 Å². The molecule has 0 fully saturated rings. The molecule has 0 amide bonds. The van der Waals surface area contributed by atoms with Gasteiger partial charge in [0.2, 0.25) is 0 Å². The van der Waals surface area contributed by atoms with Gasteiger partial charge in [0.15, 0.2) is 0 Å². The third-order valence-electron chi connectivity index (χ3n) is 5.87. The Morgan fingerprint density at radius 2 is 1.94 bits per heavy atom. The molecule has 6 nitrogen and oxygen atoms in total. The van der Waals surface area contributed by atoms with Crippen molar-refractivity contribution in [2.45, 2.75) is 12.6 Å². The lowest BCUT2D eigenvalue weighted by Gasteiger charge is -2.19. The molecule has 4 aromatic rings. The van der Waals surface area contributed by atoms with E-state index in [9.17, 15) is 14.3 Å². The summed E-state index contributed by atoms with van der Waals surface area (Å²) in [7, 11) is 1.87. The number of pyridine rings is 1. The number of halogens is 2. The van der Waals surface area contributed by atoms with E-state index >= 15 is 0 Å². The summed E-state index contributed by atoms with van der Waals surface area (Å²) in [6, 6.07) is 12.9. The molecule has 2 aromatic heterocycles. The highest BCUT2D eigenvalue weighted by molar-refractivity contribution is 6.30. The van der Waals surface area contributed by atoms with Crippen LogP contribution in [0.15, 0.2) is 76.9 Å². The standard InChI is InChI=1S/C25H20ClFN4O2/c1-30-13-19(12-29-30)25-20-8-15(2-3-18(20)11-28-25)16-6-7-31(24(33)10-16)23(14-32)17-4-5-22(27)21(26)9-17/h2-10,12-13,23,32H,11,14H2,1H3/t23-/m1/s1. The third-order valence-corrected chi connectivity index (χ3v) is 6.16. The second-order valence-corrected chi connectivity index (χ2v) is 8.38. The first-order valence-electron chi connectivity index (χ1n) is 10.4. The smallest absolute Gasteiger partial charge is 0.251 e. The summed E-state index contributed by atoms with van der Waals surface area (Å²) in [6.07, 6.45) is 5.36. The van der Waals surface area contributed by atoms with E-state index in [0.29, 0.717) is 12.1 Å². The van der Waals surface area contributed by atoms with Crippen LogP contribution in [0.25, 0.3) is 11.1 Å². The second-order valence-electron chi connectivity index (χ2n) is 7.97. The molecule has 1 N–H and O–H groups in total. The molecule has 1 aliphatic heterocycles. The van der Waals surface area contributed by atoms with Crippen molar-refractivity contribution in [3.8, 4) is 11.1 Å². The first-order valence-corrected chi connectivity index (χ1v) is 10.8. The molecule has 5 rings (SSSR count). The first kappa shape index (κ1) is 21.3. The lowest BCUT2D eigenvalue weighted by atomic mass is 9.96. The molecule has 1 aliphatic rings. The fraction of sp³-hybridized carbons (Fsp3) is 0.160. The zero-order valence-corrected chi connectivity index (χ0v) is 18.5. The number of hydrogen-bond donors (Lipinski definition) is 1. The van der Waals surface area contributed by atoms with Crippen LogP contribution in [0.2, 0.25) is 5.02 Å². The van der Waals surface area contributed by atoms with Gasteiger partial charge in [0.1, 0.15) is 5.82 Å². The lowest BCUT2D eigenvalue weighted by Crippen LogP contribution is -2.26. The van der Waals surface area contributed by atoms with Crippen LogP contribution in [0.4, 0.5) is 4.39 Å². The van der Waals surface area contributed by atoms with Crippen molar-refractivity contribution in [1.82, 2.24) is 14.3 Å². The minimum atomic E-state index is -0.672. The maximum absolute atomic E-state index is 13.5. The van der Waals surface area contributed by atoms with Crippen LogP contribution in [0.1, 0.15) is 28.3 Å². The van der Waals surface area contributed by atoms with Crippen LogP contribution in [0.3, 0.4) is 0 Å². The molecule has 2 aromatic carbocycles. The van der Waals surface area contributed by atoms with E-state index in [2.05, 4.69) is 10.1 Å². The molecule has 0 saturated carbocycles. The Morgan fingerprint density at radius 1 is 1.12 bits per heavy atom. The Hall–Kier alpha value is -3.55. The number of benzene rings is 2. The van der Waals surface area contributed by atoms with Crippen molar-refractivity contribution in [3.63, 3.8) is 0 Å². The van der Waals surface area contributed by atoms with E-state index in [1.807, 2.05) is 37.5 Å². The second kappa shape index (κ2) is 8.42. The SMILES string of the molecule is Cn1cc(C2=NCc3ccc(-c4ccn([C@H](CO)c5ccc(F)c(Cl)c5)c(=O)c4)cc32)cn1. The molecule has 166 valence electrons. The first-order chi connectivity index (χ1) is 15.9. The molecule has 3 heterocycles. The summed E-state index contributed by atoms with van der Waals surface area (Å²) in [5, 5.41) is 14.1. The molecule has 0 bridgehead atoms. The number of nitrogens with zero attached hydrogens (tertiary/aromatic N) is 4. The van der Waals surface area contributed by atoms with Gasteiger partial charge in [0, 0.05) is 36.6 Å². The highest BCUT2D eigenvalue weighted by Gasteiger charge is 2.20. The number of rotatable bonds is 5. The number of fused-ring (bicyclic) bond motifs is 1. The Labute approximate surface area is 194 Å². The number of aliphatic hydroxyl groups excluding tert-OH is 1. The summed E-state index contributed by atoms with van der Waals surface area (Å²) >= 11 is 5.89. The maximum Gasteiger partial charge on any atom is 0.251 e. The van der Waals surface area contributed by atoms with Gasteiger partial charge in [0.05, 0.1) is 36.1 Å². The van der Waals surface area contributed by atoms with Crippen LogP contribution < -0.4 is 5.56 Å². The van der Waals surface area contributed by atoms with Gasteiger partial charge in [0.25, 0.3) is 5.56 Å². The topological polar surface area (TPSA) is 72.4 Å². The fourth-order valence-corrected chi connectivity index (χ4v) is 4.34. The van der Waals surface area contributed by atoms with Gasteiger partial charge < -0.3 is 9.67 Å². The zero-order valence-electron chi connectivity index (χ0n) is 17.7. The number of aromatic nitrogens is 3. The Kier molecular flexibility index (Phi) is 5.44. The van der Waals surface area contributed by atoms with Crippen molar-refractivity contribution >= 4 is 17.3 Å². The van der Waals surface area contributed by atoms with Crippen LogP contribution in [0, 0.1) is 5.82 Å². The molecular weight excluding hydrogens is 443 g/mol. The van der Waals surface area contributed by atoms with Gasteiger partial charge in [-0.3, -0.25) is 14.5 Å². The van der Waals surface area contributed by atoms with Crippen molar-refractivity contribution in [1.29, 1.82) is 0 Å². The molecule has 0 spiro atoms. The molecule has 0 saturated heterocycles. The molecule has 0 aliphatic carbocycles. The summed E-state index contributed by atoms with van der Waals surface area (Å²) in [6.45, 7) is 0.283. The highest BCUT2D eigenvalue weighted by Crippen LogP contribution is 2.29. The van der Waals surface area contributed by atoms with Crippen LogP contribution in [-0.2, 0) is 13.6 Å². The minimum Gasteiger partial charge on any atom is -0.394 e. The summed E-state index contributed by atoms with van der Waals surface area (Å²) in [5.41, 5.74) is 5.90. The Balaban J connectivity index is 1.49. The lowest BCUT2D eigenvalue weighted by molar-refractivity contribution is 0.247. The van der Waals surface area contributed by atoms with Crippen molar-refractivity contribution in [2.75, 3.05) is 6.61 Å². The maximum atomic E-state index is 13.5. The average Bonchev–Trinajstić information content (AvgIpc) is 3.43. The van der Waals surface area contributed by atoms with Crippen molar-refractivity contribution < 1.29 is 9.50 Å². The number of hydrogen-bond acceptors (Lipinski definition) is 4. The van der Waals surface area contributed by atoms with E-state index < -0.39 is 11.9 Å². The minimum absolute atomic E-state index is 0.0557. The third kappa shape index (κ3) is 3.90. The quantitative estimate of drug-likeness (QED) is 0.487. The van der Waals surface area contributed by atoms with Crippen molar-refractivity contribution in [3.05, 3.63) is 111 Å². The van der Waals surface area contributed by atoms with Gasteiger partial charge in [-0.1, -0.05) is 29.8 Å². The molecule has 33 heavy (non-hydrogen) atoms. The Bertz CT molecular complexity index is 1460.